The summed E-state index contributed by atoms with van der Waals surface area (Å²) in [6, 6.07) is 15.7. The number of aromatic nitrogens is 3. The molecule has 0 saturated carbocycles. The molecule has 0 bridgehead atoms. The van der Waals surface area contributed by atoms with Crippen LogP contribution in [0, 0.1) is 11.3 Å². The van der Waals surface area contributed by atoms with Crippen molar-refractivity contribution >= 4 is 38.5 Å². The summed E-state index contributed by atoms with van der Waals surface area (Å²) in [6.07, 6.45) is 2.20. The molecule has 0 aliphatic rings. The second kappa shape index (κ2) is 9.26. The van der Waals surface area contributed by atoms with Gasteiger partial charge in [-0.15, -0.1) is 0 Å². The van der Waals surface area contributed by atoms with Crippen LogP contribution in [-0.4, -0.2) is 33.6 Å². The zero-order valence-corrected chi connectivity index (χ0v) is 18.7. The van der Waals surface area contributed by atoms with Gasteiger partial charge in [-0.25, -0.2) is 4.98 Å². The molecule has 0 aliphatic heterocycles. The molecule has 0 saturated heterocycles. The topological polar surface area (TPSA) is 102 Å². The lowest BCUT2D eigenvalue weighted by Gasteiger charge is -2.13. The Morgan fingerprint density at radius 3 is 2.78 bits per heavy atom. The van der Waals surface area contributed by atoms with E-state index in [1.807, 2.05) is 0 Å². The fourth-order valence-corrected chi connectivity index (χ4v) is 3.90. The van der Waals surface area contributed by atoms with Crippen LogP contribution in [0.2, 0.25) is 0 Å². The summed E-state index contributed by atoms with van der Waals surface area (Å²) in [5, 5.41) is 10.1. The SMILES string of the molecule is COCCCn1c(=NC(=O)c2ccccc2Br)c(C#N)cc2c(=O)n3ccccc3nc21. The van der Waals surface area contributed by atoms with Gasteiger partial charge in [0, 0.05) is 30.9 Å². The Bertz CT molecular complexity index is 1510. The van der Waals surface area contributed by atoms with E-state index in [2.05, 4.69) is 32.0 Å². The third-order valence-electron chi connectivity index (χ3n) is 4.95. The Morgan fingerprint density at radius 1 is 1.25 bits per heavy atom. The zero-order valence-electron chi connectivity index (χ0n) is 17.2. The van der Waals surface area contributed by atoms with E-state index in [0.717, 1.165) is 0 Å². The van der Waals surface area contributed by atoms with Gasteiger partial charge in [0.15, 0.2) is 5.49 Å². The van der Waals surface area contributed by atoms with Crippen molar-refractivity contribution in [1.29, 1.82) is 5.26 Å². The third kappa shape index (κ3) is 3.98. The maximum Gasteiger partial charge on any atom is 0.280 e. The lowest BCUT2D eigenvalue weighted by Crippen LogP contribution is -2.30. The summed E-state index contributed by atoms with van der Waals surface area (Å²) in [5.41, 5.74) is 1.15. The number of fused-ring (bicyclic) bond motifs is 2. The van der Waals surface area contributed by atoms with Gasteiger partial charge in [0.25, 0.3) is 11.5 Å². The number of rotatable bonds is 5. The highest BCUT2D eigenvalue weighted by atomic mass is 79.9. The highest BCUT2D eigenvalue weighted by Crippen LogP contribution is 2.17. The number of hydrogen-bond acceptors (Lipinski definition) is 5. The summed E-state index contributed by atoms with van der Waals surface area (Å²) in [6.45, 7) is 0.812. The molecule has 8 nitrogen and oxygen atoms in total. The number of benzene rings is 1. The summed E-state index contributed by atoms with van der Waals surface area (Å²) in [4.78, 5) is 35.0. The molecule has 0 unspecified atom stereocenters. The number of methoxy groups -OCH3 is 1. The molecule has 1 amide bonds. The van der Waals surface area contributed by atoms with Gasteiger partial charge < -0.3 is 9.30 Å². The molecule has 0 N–H and O–H groups in total. The Labute approximate surface area is 191 Å². The molecule has 0 radical (unpaired) electrons. The van der Waals surface area contributed by atoms with Gasteiger partial charge in [-0.05, 0) is 52.7 Å². The number of pyridine rings is 2. The largest absolute Gasteiger partial charge is 0.385 e. The Kier molecular flexibility index (Phi) is 6.25. The van der Waals surface area contributed by atoms with E-state index >= 15 is 0 Å². The molecule has 3 heterocycles. The van der Waals surface area contributed by atoms with Gasteiger partial charge in [0.2, 0.25) is 0 Å². The molecule has 0 aliphatic carbocycles. The quantitative estimate of drug-likeness (QED) is 0.315. The standard InChI is InChI=1S/C23H18BrN5O3/c1-32-12-6-11-29-20(27-22(30)16-7-2-3-8-18(16)24)15(14-25)13-17-21(29)26-19-9-4-5-10-28(19)23(17)31/h2-5,7-10,13H,6,11-12H2,1H3. The van der Waals surface area contributed by atoms with Gasteiger partial charge in [0.1, 0.15) is 17.4 Å². The minimum atomic E-state index is -0.508. The van der Waals surface area contributed by atoms with Crippen LogP contribution in [-0.2, 0) is 11.3 Å². The van der Waals surface area contributed by atoms with Crippen molar-refractivity contribution in [2.24, 2.45) is 4.99 Å². The van der Waals surface area contributed by atoms with Crippen LogP contribution in [0.3, 0.4) is 0 Å². The van der Waals surface area contributed by atoms with Crippen LogP contribution in [0.25, 0.3) is 16.7 Å². The van der Waals surface area contributed by atoms with Crippen molar-refractivity contribution in [3.63, 3.8) is 0 Å². The molecule has 1 aromatic carbocycles. The van der Waals surface area contributed by atoms with Gasteiger partial charge in [-0.2, -0.15) is 10.3 Å². The van der Waals surface area contributed by atoms with Crippen LogP contribution in [0.5, 0.6) is 0 Å². The Balaban J connectivity index is 2.06. The number of carbonyl (C=O) groups excluding carboxylic acids is 1. The Morgan fingerprint density at radius 2 is 2.03 bits per heavy atom. The molecule has 0 spiro atoms. The van der Waals surface area contributed by atoms with E-state index in [1.54, 1.807) is 60.3 Å². The van der Waals surface area contributed by atoms with E-state index in [9.17, 15) is 14.9 Å². The predicted octanol–water partition coefficient (Wildman–Crippen LogP) is 3.06. The average molecular weight is 492 g/mol. The Hall–Kier alpha value is -3.61. The van der Waals surface area contributed by atoms with Crippen molar-refractivity contribution < 1.29 is 9.53 Å². The summed E-state index contributed by atoms with van der Waals surface area (Å²) >= 11 is 3.37. The van der Waals surface area contributed by atoms with Crippen LogP contribution >= 0.6 is 15.9 Å². The van der Waals surface area contributed by atoms with Gasteiger partial charge >= 0.3 is 0 Å². The minimum absolute atomic E-state index is 0.116. The minimum Gasteiger partial charge on any atom is -0.385 e. The van der Waals surface area contributed by atoms with Crippen LogP contribution in [0.15, 0.2) is 69.0 Å². The molecule has 4 rings (SSSR count). The van der Waals surface area contributed by atoms with Gasteiger partial charge in [-0.1, -0.05) is 18.2 Å². The predicted molar refractivity (Wildman–Crippen MR) is 122 cm³/mol. The van der Waals surface area contributed by atoms with Crippen LogP contribution < -0.4 is 11.0 Å². The van der Waals surface area contributed by atoms with E-state index < -0.39 is 5.91 Å². The summed E-state index contributed by atoms with van der Waals surface area (Å²) < 4.78 is 8.83. The van der Waals surface area contributed by atoms with Crippen molar-refractivity contribution in [3.8, 4) is 6.07 Å². The number of carbonyl (C=O) groups is 1. The molecule has 0 fully saturated rings. The molecule has 9 heteroatoms. The van der Waals surface area contributed by atoms with Crippen LogP contribution in [0.1, 0.15) is 22.3 Å². The first-order valence-electron chi connectivity index (χ1n) is 9.82. The van der Waals surface area contributed by atoms with Crippen LogP contribution in [0.4, 0.5) is 0 Å². The number of nitrogens with zero attached hydrogens (tertiary/aromatic N) is 5. The van der Waals surface area contributed by atoms with Crippen molar-refractivity contribution in [3.05, 3.63) is 86.2 Å². The van der Waals surface area contributed by atoms with Gasteiger partial charge in [0.05, 0.1) is 16.5 Å². The molecular formula is C23H18BrN5O3. The first-order valence-corrected chi connectivity index (χ1v) is 10.6. The molecule has 3 aromatic heterocycles. The fourth-order valence-electron chi connectivity index (χ4n) is 3.45. The molecular weight excluding hydrogens is 474 g/mol. The number of ether oxygens (including phenoxy) is 1. The van der Waals surface area contributed by atoms with Crippen molar-refractivity contribution in [2.75, 3.05) is 13.7 Å². The summed E-state index contributed by atoms with van der Waals surface area (Å²) in [5.74, 6) is -0.508. The third-order valence-corrected chi connectivity index (χ3v) is 5.64. The van der Waals surface area contributed by atoms with Crippen molar-refractivity contribution in [2.45, 2.75) is 13.0 Å². The van der Waals surface area contributed by atoms with E-state index in [1.165, 1.54) is 10.5 Å². The van der Waals surface area contributed by atoms with E-state index in [0.29, 0.717) is 40.9 Å². The fraction of sp³-hybridized carbons (Fsp3) is 0.174. The smallest absolute Gasteiger partial charge is 0.280 e. The highest BCUT2D eigenvalue weighted by molar-refractivity contribution is 9.10. The maximum absolute atomic E-state index is 13.1. The summed E-state index contributed by atoms with van der Waals surface area (Å²) in [7, 11) is 1.59. The second-order valence-electron chi connectivity index (χ2n) is 6.97. The number of halogens is 1. The van der Waals surface area contributed by atoms with E-state index in [-0.39, 0.29) is 22.0 Å². The zero-order chi connectivity index (χ0) is 22.7. The number of nitriles is 1. The van der Waals surface area contributed by atoms with Gasteiger partial charge in [-0.3, -0.25) is 14.0 Å². The van der Waals surface area contributed by atoms with Crippen molar-refractivity contribution in [1.82, 2.24) is 14.0 Å². The molecule has 4 aromatic rings. The normalized spacial score (nSPS) is 11.7. The lowest BCUT2D eigenvalue weighted by molar-refractivity contribution is 0.0996. The first-order chi connectivity index (χ1) is 15.5. The first kappa shape index (κ1) is 21.6. The number of amides is 1. The molecule has 160 valence electrons. The maximum atomic E-state index is 13.1. The second-order valence-corrected chi connectivity index (χ2v) is 7.83. The highest BCUT2D eigenvalue weighted by Gasteiger charge is 2.16. The molecule has 32 heavy (non-hydrogen) atoms. The molecule has 0 atom stereocenters. The van der Waals surface area contributed by atoms with E-state index in [4.69, 9.17) is 4.74 Å². The monoisotopic (exact) mass is 491 g/mol. The number of hydrogen-bond donors (Lipinski definition) is 0. The lowest BCUT2D eigenvalue weighted by atomic mass is 10.2. The average Bonchev–Trinajstić information content (AvgIpc) is 2.80. The number of aryl methyl sites for hydroxylation is 1.